The zero-order valence-corrected chi connectivity index (χ0v) is 17.5. The van der Waals surface area contributed by atoms with Crippen molar-refractivity contribution in [1.29, 1.82) is 0 Å². The highest BCUT2D eigenvalue weighted by atomic mass is 19.4. The minimum atomic E-state index is -5.01. The van der Waals surface area contributed by atoms with E-state index in [9.17, 15) is 22.4 Å². The highest BCUT2D eigenvalue weighted by Crippen LogP contribution is 2.41. The number of hydrogen-bond acceptors (Lipinski definition) is 7. The molecule has 170 valence electrons. The Morgan fingerprint density at radius 3 is 2.55 bits per heavy atom. The average molecular weight is 445 g/mol. The first kappa shape index (κ1) is 24.1. The summed E-state index contributed by atoms with van der Waals surface area (Å²) in [5.41, 5.74) is -1.14. The van der Waals surface area contributed by atoms with Crippen molar-refractivity contribution in [3.8, 4) is 5.75 Å². The van der Waals surface area contributed by atoms with Crippen LogP contribution in [0.1, 0.15) is 17.3 Å². The van der Waals surface area contributed by atoms with Crippen molar-refractivity contribution < 1.29 is 31.8 Å². The van der Waals surface area contributed by atoms with Crippen molar-refractivity contribution in [3.05, 3.63) is 35.8 Å². The molecule has 1 aromatic carbocycles. The number of benzene rings is 1. The van der Waals surface area contributed by atoms with Gasteiger partial charge in [-0.3, -0.25) is 4.79 Å². The molecule has 1 heterocycles. The molecular formula is C19H23F4N5O3. The van der Waals surface area contributed by atoms with Gasteiger partial charge in [0.05, 0.1) is 25.0 Å². The topological polar surface area (TPSA) is 79.8 Å². The third-order valence-corrected chi connectivity index (χ3v) is 4.17. The first-order valence-corrected chi connectivity index (χ1v) is 9.19. The third-order valence-electron chi connectivity index (χ3n) is 4.17. The number of anilines is 3. The summed E-state index contributed by atoms with van der Waals surface area (Å²) in [7, 11) is 3.98. The molecule has 31 heavy (non-hydrogen) atoms. The molecule has 12 heteroatoms. The van der Waals surface area contributed by atoms with Gasteiger partial charge in [0.2, 0.25) is 5.95 Å². The lowest BCUT2D eigenvalue weighted by atomic mass is 10.1. The van der Waals surface area contributed by atoms with E-state index in [1.54, 1.807) is 6.92 Å². The molecule has 2 rings (SSSR count). The van der Waals surface area contributed by atoms with Gasteiger partial charge in [-0.25, -0.2) is 14.3 Å². The fourth-order valence-corrected chi connectivity index (χ4v) is 2.67. The molecule has 0 aliphatic carbocycles. The largest absolute Gasteiger partial charge is 0.495 e. The van der Waals surface area contributed by atoms with Gasteiger partial charge in [0.25, 0.3) is 5.91 Å². The average Bonchev–Trinajstić information content (AvgIpc) is 2.71. The molecule has 0 radical (unpaired) electrons. The second kappa shape index (κ2) is 10.2. The predicted octanol–water partition coefficient (Wildman–Crippen LogP) is 3.43. The number of hydrogen-bond donors (Lipinski definition) is 1. The normalized spacial score (nSPS) is 11.2. The molecule has 0 unspecified atom stereocenters. The molecule has 0 spiro atoms. The van der Waals surface area contributed by atoms with Gasteiger partial charge in [-0.05, 0) is 19.1 Å². The second-order valence-corrected chi connectivity index (χ2v) is 6.30. The molecule has 0 atom stereocenters. The van der Waals surface area contributed by atoms with E-state index in [0.29, 0.717) is 12.6 Å². The molecule has 1 aromatic heterocycles. The molecule has 0 aliphatic rings. The minimum absolute atomic E-state index is 0.160. The molecule has 8 nitrogen and oxygen atoms in total. The van der Waals surface area contributed by atoms with Crippen LogP contribution in [0.5, 0.6) is 5.75 Å². The molecule has 1 N–H and O–H groups in total. The summed E-state index contributed by atoms with van der Waals surface area (Å²) >= 11 is 0. The van der Waals surface area contributed by atoms with Crippen molar-refractivity contribution in [2.45, 2.75) is 13.2 Å². The number of aromatic nitrogens is 2. The number of ether oxygens (including phenoxy) is 2. The van der Waals surface area contributed by atoms with Crippen LogP contribution in [0, 0.1) is 5.82 Å². The quantitative estimate of drug-likeness (QED) is 0.468. The molecule has 0 bridgehead atoms. The summed E-state index contributed by atoms with van der Waals surface area (Å²) in [4.78, 5) is 21.0. The van der Waals surface area contributed by atoms with Crippen LogP contribution in [-0.2, 0) is 4.74 Å². The first-order chi connectivity index (χ1) is 14.6. The number of nitrogens with one attached hydrogen (secondary N) is 1. The highest BCUT2D eigenvalue weighted by Gasteiger charge is 2.43. The van der Waals surface area contributed by atoms with Crippen LogP contribution in [0.15, 0.2) is 24.4 Å². The van der Waals surface area contributed by atoms with Gasteiger partial charge < -0.3 is 19.7 Å². The number of nitrogens with zero attached hydrogens (tertiary/aromatic N) is 4. The van der Waals surface area contributed by atoms with E-state index in [1.165, 1.54) is 25.1 Å². The Bertz CT molecular complexity index is 911. The van der Waals surface area contributed by atoms with Gasteiger partial charge in [-0.2, -0.15) is 4.98 Å². The second-order valence-electron chi connectivity index (χ2n) is 6.30. The lowest BCUT2D eigenvalue weighted by molar-refractivity contribution is -0.121. The summed E-state index contributed by atoms with van der Waals surface area (Å²) in [6, 6.07) is 2.90. The Kier molecular flexibility index (Phi) is 7.97. The molecule has 0 saturated carbocycles. The monoisotopic (exact) mass is 445 g/mol. The zero-order valence-electron chi connectivity index (χ0n) is 17.5. The summed E-state index contributed by atoms with van der Waals surface area (Å²) in [6.45, 7) is 2.55. The Labute approximate surface area is 176 Å². The van der Waals surface area contributed by atoms with Crippen LogP contribution in [0.4, 0.5) is 35.0 Å². The van der Waals surface area contributed by atoms with Crippen LogP contribution in [-0.4, -0.2) is 68.0 Å². The highest BCUT2D eigenvalue weighted by molar-refractivity contribution is 5.95. The van der Waals surface area contributed by atoms with E-state index >= 15 is 0 Å². The number of carbonyl (C=O) groups is 1. The van der Waals surface area contributed by atoms with Crippen LogP contribution >= 0.6 is 0 Å². The number of likely N-dealkylation sites (N-methyl/N-ethyl adjacent to an activating group) is 1. The Morgan fingerprint density at radius 1 is 1.26 bits per heavy atom. The maximum absolute atomic E-state index is 14.8. The number of rotatable bonds is 9. The van der Waals surface area contributed by atoms with Gasteiger partial charge in [-0.1, -0.05) is 0 Å². The van der Waals surface area contributed by atoms with Gasteiger partial charge in [0, 0.05) is 39.5 Å². The third kappa shape index (κ3) is 5.72. The summed E-state index contributed by atoms with van der Waals surface area (Å²) < 4.78 is 66.5. The van der Waals surface area contributed by atoms with Crippen LogP contribution in [0.25, 0.3) is 0 Å². The van der Waals surface area contributed by atoms with Gasteiger partial charge in [0.15, 0.2) is 0 Å². The Morgan fingerprint density at radius 2 is 1.97 bits per heavy atom. The SMILES string of the molecule is CCNc1ccnc(N(c2cc(F)c(C(=O)N(C)CCOC)cc2OC)C(F)(F)F)n1. The van der Waals surface area contributed by atoms with E-state index in [4.69, 9.17) is 9.47 Å². The van der Waals surface area contributed by atoms with Crippen LogP contribution in [0.3, 0.4) is 0 Å². The van der Waals surface area contributed by atoms with E-state index in [1.807, 2.05) is 0 Å². The molecule has 0 aliphatic heterocycles. The fourth-order valence-electron chi connectivity index (χ4n) is 2.67. The van der Waals surface area contributed by atoms with Crippen LogP contribution in [0.2, 0.25) is 0 Å². The van der Waals surface area contributed by atoms with E-state index in [-0.39, 0.29) is 29.6 Å². The summed E-state index contributed by atoms with van der Waals surface area (Å²) in [5, 5.41) is 2.79. The minimum Gasteiger partial charge on any atom is -0.495 e. The lowest BCUT2D eigenvalue weighted by Gasteiger charge is -2.27. The van der Waals surface area contributed by atoms with Crippen molar-refractivity contribution in [1.82, 2.24) is 14.9 Å². The number of amides is 1. The molecule has 1 amide bonds. The molecule has 0 fully saturated rings. The maximum Gasteiger partial charge on any atom is 0.491 e. The van der Waals surface area contributed by atoms with Gasteiger partial charge in [0.1, 0.15) is 17.4 Å². The van der Waals surface area contributed by atoms with E-state index in [2.05, 4.69) is 15.3 Å². The van der Waals surface area contributed by atoms with E-state index in [0.717, 1.165) is 19.4 Å². The smallest absolute Gasteiger partial charge is 0.491 e. The predicted molar refractivity (Wildman–Crippen MR) is 106 cm³/mol. The van der Waals surface area contributed by atoms with E-state index < -0.39 is 35.2 Å². The van der Waals surface area contributed by atoms with Crippen LogP contribution < -0.4 is 15.0 Å². The molecule has 2 aromatic rings. The van der Waals surface area contributed by atoms with Gasteiger partial charge in [-0.15, -0.1) is 13.2 Å². The van der Waals surface area contributed by atoms with Gasteiger partial charge >= 0.3 is 6.30 Å². The van der Waals surface area contributed by atoms with Crippen molar-refractivity contribution in [2.75, 3.05) is 51.2 Å². The van der Waals surface area contributed by atoms with Crippen molar-refractivity contribution in [3.63, 3.8) is 0 Å². The standard InChI is InChI=1S/C19H23F4N5O3/c1-5-24-16-6-7-25-18(26-16)28(19(21,22)23)14-11-13(20)12(10-15(14)31-4)17(29)27(2)8-9-30-3/h6-7,10-11H,5,8-9H2,1-4H3,(H,24,25,26). The lowest BCUT2D eigenvalue weighted by Crippen LogP contribution is -2.36. The number of alkyl halides is 3. The summed E-state index contributed by atoms with van der Waals surface area (Å²) in [5.74, 6) is -2.84. The van der Waals surface area contributed by atoms with Crippen molar-refractivity contribution >= 4 is 23.4 Å². The fraction of sp³-hybridized carbons (Fsp3) is 0.421. The van der Waals surface area contributed by atoms with Crippen molar-refractivity contribution in [2.24, 2.45) is 0 Å². The number of halogens is 4. The Hall–Kier alpha value is -3.15. The first-order valence-electron chi connectivity index (χ1n) is 9.19. The zero-order chi connectivity index (χ0) is 23.2. The molecular weight excluding hydrogens is 422 g/mol. The maximum atomic E-state index is 14.8. The summed E-state index contributed by atoms with van der Waals surface area (Å²) in [6.07, 6.45) is -3.87. The number of carbonyl (C=O) groups excluding carboxylic acids is 1. The molecule has 0 saturated heterocycles. The number of methoxy groups -OCH3 is 2. The Balaban J connectivity index is 2.56.